The number of benzene rings is 1. The zero-order valence-corrected chi connectivity index (χ0v) is 20.7. The topological polar surface area (TPSA) is 94.5 Å². The Morgan fingerprint density at radius 1 is 1.23 bits per heavy atom. The Labute approximate surface area is 206 Å². The van der Waals surface area contributed by atoms with Gasteiger partial charge in [-0.3, -0.25) is 4.79 Å². The van der Waals surface area contributed by atoms with E-state index >= 15 is 0 Å². The summed E-state index contributed by atoms with van der Waals surface area (Å²) >= 11 is 0. The molecule has 1 atom stereocenters. The monoisotopic (exact) mass is 478 g/mol. The maximum absolute atomic E-state index is 13.0. The summed E-state index contributed by atoms with van der Waals surface area (Å²) in [5.74, 6) is -0.777. The number of esters is 1. The molecule has 35 heavy (non-hydrogen) atoms. The van der Waals surface area contributed by atoms with Gasteiger partial charge in [-0.15, -0.1) is 0 Å². The molecule has 3 heterocycles. The Balaban J connectivity index is 1.79. The Hall–Kier alpha value is -3.39. The number of anilines is 2. The van der Waals surface area contributed by atoms with Crippen LogP contribution in [-0.2, 0) is 27.2 Å². The van der Waals surface area contributed by atoms with Crippen molar-refractivity contribution in [3.63, 3.8) is 0 Å². The average molecular weight is 479 g/mol. The van der Waals surface area contributed by atoms with Crippen molar-refractivity contribution in [3.05, 3.63) is 53.9 Å². The molecule has 0 radical (unpaired) electrons. The van der Waals surface area contributed by atoms with E-state index in [0.717, 1.165) is 30.5 Å². The van der Waals surface area contributed by atoms with Crippen molar-refractivity contribution in [2.45, 2.75) is 64.6 Å². The number of carbonyl (C=O) groups is 2. The first-order valence-electron chi connectivity index (χ1n) is 12.4. The van der Waals surface area contributed by atoms with Gasteiger partial charge in [0.05, 0.1) is 24.7 Å². The highest BCUT2D eigenvalue weighted by molar-refractivity contribution is 6.12. The fraction of sp³-hybridized carbons (Fsp3) is 0.444. The molecule has 1 amide bonds. The number of aryl methyl sites for hydroxylation is 2. The number of hydrogen-bond donors (Lipinski definition) is 2. The molecule has 1 aromatic carbocycles. The molecule has 1 saturated heterocycles. The van der Waals surface area contributed by atoms with Gasteiger partial charge >= 0.3 is 5.97 Å². The van der Waals surface area contributed by atoms with Gasteiger partial charge in [-0.05, 0) is 43.7 Å². The lowest BCUT2D eigenvalue weighted by Crippen LogP contribution is -2.28. The molecule has 3 aromatic rings. The van der Waals surface area contributed by atoms with E-state index in [9.17, 15) is 9.59 Å². The molecule has 2 N–H and O–H groups in total. The molecule has 2 aromatic heterocycles. The summed E-state index contributed by atoms with van der Waals surface area (Å²) in [5, 5.41) is 7.19. The normalized spacial score (nSPS) is 15.5. The van der Waals surface area contributed by atoms with Gasteiger partial charge in [-0.25, -0.2) is 9.78 Å². The lowest BCUT2D eigenvalue weighted by Gasteiger charge is -2.16. The second-order valence-electron chi connectivity index (χ2n) is 8.85. The van der Waals surface area contributed by atoms with Gasteiger partial charge < -0.3 is 24.7 Å². The maximum Gasteiger partial charge on any atom is 0.356 e. The number of hydrogen-bond acceptors (Lipinski definition) is 6. The number of rotatable bonds is 10. The third-order valence-corrected chi connectivity index (χ3v) is 6.57. The van der Waals surface area contributed by atoms with Crippen molar-refractivity contribution in [2.24, 2.45) is 0 Å². The minimum atomic E-state index is -0.526. The fourth-order valence-corrected chi connectivity index (χ4v) is 4.56. The van der Waals surface area contributed by atoms with E-state index < -0.39 is 12.1 Å². The molecule has 8 heteroatoms. The minimum absolute atomic E-state index is 0.256. The van der Waals surface area contributed by atoms with E-state index in [0.29, 0.717) is 48.8 Å². The first-order valence-corrected chi connectivity index (χ1v) is 12.4. The Kier molecular flexibility index (Phi) is 8.02. The standard InChI is InChI=1S/C27H34N4O4/c1-4-19(5-2)29-20-16-21-23(30-26(32)22-12-9-15-35-22)24(27(33)34-3)31(25(21)28-17-20)14-13-18-10-7-6-8-11-18/h6-8,10-11,16-17,19,22,29H,4-5,9,12-15H2,1-3H3,(H,30,32)/t22-/m0/s1. The quantitative estimate of drug-likeness (QED) is 0.407. The fourth-order valence-electron chi connectivity index (χ4n) is 4.56. The molecule has 0 saturated carbocycles. The zero-order chi connectivity index (χ0) is 24.8. The highest BCUT2D eigenvalue weighted by Gasteiger charge is 2.30. The maximum atomic E-state index is 13.0. The molecule has 8 nitrogen and oxygen atoms in total. The van der Waals surface area contributed by atoms with E-state index in [-0.39, 0.29) is 11.6 Å². The molecule has 0 bridgehead atoms. The van der Waals surface area contributed by atoms with Crippen molar-refractivity contribution in [3.8, 4) is 0 Å². The van der Waals surface area contributed by atoms with Crippen LogP contribution >= 0.6 is 0 Å². The highest BCUT2D eigenvalue weighted by atomic mass is 16.5. The van der Waals surface area contributed by atoms with E-state index in [2.05, 4.69) is 36.6 Å². The third-order valence-electron chi connectivity index (χ3n) is 6.57. The first kappa shape index (κ1) is 24.7. The number of amides is 1. The Morgan fingerprint density at radius 2 is 2.00 bits per heavy atom. The lowest BCUT2D eigenvalue weighted by molar-refractivity contribution is -0.124. The van der Waals surface area contributed by atoms with Crippen molar-refractivity contribution in [1.82, 2.24) is 9.55 Å². The van der Waals surface area contributed by atoms with Crippen LogP contribution in [0.3, 0.4) is 0 Å². The predicted octanol–water partition coefficient (Wildman–Crippen LogP) is 4.78. The molecule has 186 valence electrons. The van der Waals surface area contributed by atoms with Crippen LogP contribution in [0.1, 0.15) is 55.6 Å². The Bertz CT molecular complexity index is 1160. The van der Waals surface area contributed by atoms with E-state index in [1.807, 2.05) is 28.8 Å². The van der Waals surface area contributed by atoms with Crippen LogP contribution < -0.4 is 10.6 Å². The van der Waals surface area contributed by atoms with Crippen molar-refractivity contribution >= 4 is 34.3 Å². The number of fused-ring (bicyclic) bond motifs is 1. The van der Waals surface area contributed by atoms with Crippen LogP contribution in [-0.4, -0.2) is 47.3 Å². The second kappa shape index (κ2) is 11.4. The van der Waals surface area contributed by atoms with Crippen molar-refractivity contribution in [1.29, 1.82) is 0 Å². The van der Waals surface area contributed by atoms with Gasteiger partial charge in [0, 0.05) is 24.6 Å². The van der Waals surface area contributed by atoms with Gasteiger partial charge in [0.15, 0.2) is 5.69 Å². The van der Waals surface area contributed by atoms with Gasteiger partial charge in [-0.2, -0.15) is 0 Å². The number of ether oxygens (including phenoxy) is 2. The molecule has 1 aliphatic heterocycles. The summed E-state index contributed by atoms with van der Waals surface area (Å²) in [6, 6.07) is 12.3. The van der Waals surface area contributed by atoms with Gasteiger partial charge in [0.1, 0.15) is 11.8 Å². The summed E-state index contributed by atoms with van der Waals surface area (Å²) in [7, 11) is 1.35. The predicted molar refractivity (Wildman–Crippen MR) is 137 cm³/mol. The van der Waals surface area contributed by atoms with Gasteiger partial charge in [-0.1, -0.05) is 44.2 Å². The summed E-state index contributed by atoms with van der Waals surface area (Å²) < 4.78 is 12.6. The summed E-state index contributed by atoms with van der Waals surface area (Å²) in [4.78, 5) is 30.8. The Morgan fingerprint density at radius 3 is 2.66 bits per heavy atom. The highest BCUT2D eigenvalue weighted by Crippen LogP contribution is 2.34. The van der Waals surface area contributed by atoms with Gasteiger partial charge in [0.2, 0.25) is 0 Å². The molecule has 0 aliphatic carbocycles. The average Bonchev–Trinajstić information content (AvgIpc) is 3.53. The molecule has 4 rings (SSSR count). The van der Waals surface area contributed by atoms with Gasteiger partial charge in [0.25, 0.3) is 5.91 Å². The van der Waals surface area contributed by atoms with E-state index in [1.54, 1.807) is 6.20 Å². The summed E-state index contributed by atoms with van der Waals surface area (Å²) in [6.45, 7) is 5.34. The third kappa shape index (κ3) is 5.48. The number of nitrogens with one attached hydrogen (secondary N) is 2. The van der Waals surface area contributed by atoms with E-state index in [4.69, 9.17) is 14.5 Å². The molecule has 0 spiro atoms. The van der Waals surface area contributed by atoms with E-state index in [1.165, 1.54) is 7.11 Å². The number of aromatic nitrogens is 2. The number of nitrogens with zero attached hydrogens (tertiary/aromatic N) is 2. The largest absolute Gasteiger partial charge is 0.464 e. The summed E-state index contributed by atoms with van der Waals surface area (Å²) in [5.41, 5.74) is 3.31. The SMILES string of the molecule is CCC(CC)Nc1cnc2c(c1)c(NC(=O)[C@@H]1CCCO1)c(C(=O)OC)n2CCc1ccccc1. The molecule has 0 unspecified atom stereocenters. The lowest BCUT2D eigenvalue weighted by atomic mass is 10.1. The number of methoxy groups -OCH3 is 1. The van der Waals surface area contributed by atoms with Crippen LogP contribution in [0.15, 0.2) is 42.6 Å². The first-order chi connectivity index (χ1) is 17.0. The smallest absolute Gasteiger partial charge is 0.356 e. The number of pyridine rings is 1. The van der Waals surface area contributed by atoms with Crippen molar-refractivity contribution in [2.75, 3.05) is 24.4 Å². The molecule has 1 aliphatic rings. The van der Waals surface area contributed by atoms with Crippen LogP contribution in [0.2, 0.25) is 0 Å². The second-order valence-corrected chi connectivity index (χ2v) is 8.85. The van der Waals surface area contributed by atoms with Crippen LogP contribution in [0.5, 0.6) is 0 Å². The van der Waals surface area contributed by atoms with Crippen LogP contribution in [0.4, 0.5) is 11.4 Å². The zero-order valence-electron chi connectivity index (χ0n) is 20.7. The molecular formula is C27H34N4O4. The summed E-state index contributed by atoms with van der Waals surface area (Å²) in [6.07, 6.45) is 5.40. The minimum Gasteiger partial charge on any atom is -0.464 e. The van der Waals surface area contributed by atoms with Crippen molar-refractivity contribution < 1.29 is 19.1 Å². The number of carbonyl (C=O) groups excluding carboxylic acids is 2. The van der Waals surface area contributed by atoms with Crippen LogP contribution in [0, 0.1) is 0 Å². The van der Waals surface area contributed by atoms with Crippen LogP contribution in [0.25, 0.3) is 11.0 Å². The molecule has 1 fully saturated rings. The molecular weight excluding hydrogens is 444 g/mol.